The van der Waals surface area contributed by atoms with Crippen molar-refractivity contribution in [1.82, 2.24) is 0 Å². The summed E-state index contributed by atoms with van der Waals surface area (Å²) < 4.78 is 10.7. The molecule has 2 amide bonds. The van der Waals surface area contributed by atoms with E-state index in [1.54, 1.807) is 30.2 Å². The number of carbonyl (C=O) groups excluding carboxylic acids is 2. The average Bonchev–Trinajstić information content (AvgIpc) is 2.62. The van der Waals surface area contributed by atoms with Gasteiger partial charge in [0.25, 0.3) is 0 Å². The number of nitrogens with zero attached hydrogens (tertiary/aromatic N) is 1. The minimum Gasteiger partial charge on any atom is -0.495 e. The van der Waals surface area contributed by atoms with Crippen LogP contribution in [0.1, 0.15) is 32.1 Å². The third-order valence-electron chi connectivity index (χ3n) is 4.89. The number of ether oxygens (including phenoxy) is 2. The Morgan fingerprint density at radius 1 is 1.31 bits per heavy atom. The number of halogens is 1. The Balaban J connectivity index is 0.00000243. The Morgan fingerprint density at radius 3 is 2.69 bits per heavy atom. The van der Waals surface area contributed by atoms with Crippen LogP contribution >= 0.6 is 12.4 Å². The summed E-state index contributed by atoms with van der Waals surface area (Å²) in [5, 5.41) is 2.88. The number of rotatable bonds is 4. The van der Waals surface area contributed by atoms with Crippen LogP contribution in [-0.4, -0.2) is 44.2 Å². The predicted molar refractivity (Wildman–Crippen MR) is 102 cm³/mol. The zero-order chi connectivity index (χ0) is 17.9. The van der Waals surface area contributed by atoms with Crippen LogP contribution in [0.4, 0.5) is 11.4 Å². The van der Waals surface area contributed by atoms with Gasteiger partial charge in [0, 0.05) is 31.9 Å². The van der Waals surface area contributed by atoms with Crippen molar-refractivity contribution in [2.24, 2.45) is 5.73 Å². The first-order valence-corrected chi connectivity index (χ1v) is 8.70. The molecular formula is C18H26ClN3O4. The molecular weight excluding hydrogens is 358 g/mol. The first kappa shape index (κ1) is 20.5. The molecule has 0 atom stereocenters. The summed E-state index contributed by atoms with van der Waals surface area (Å²) in [5.74, 6) is 0.464. The van der Waals surface area contributed by atoms with Crippen LogP contribution in [0, 0.1) is 0 Å². The molecule has 0 radical (unpaired) electrons. The lowest BCUT2D eigenvalue weighted by Crippen LogP contribution is -2.54. The van der Waals surface area contributed by atoms with Crippen molar-refractivity contribution in [2.75, 3.05) is 37.1 Å². The van der Waals surface area contributed by atoms with Crippen LogP contribution in [0.15, 0.2) is 18.2 Å². The Labute approximate surface area is 159 Å². The molecule has 1 aromatic rings. The maximum atomic E-state index is 12.6. The summed E-state index contributed by atoms with van der Waals surface area (Å²) in [7, 11) is 1.57. The second-order valence-corrected chi connectivity index (χ2v) is 6.61. The molecule has 2 aliphatic rings. The molecule has 1 aromatic carbocycles. The number of anilines is 2. The fourth-order valence-electron chi connectivity index (χ4n) is 3.26. The molecule has 26 heavy (non-hydrogen) atoms. The maximum absolute atomic E-state index is 12.6. The number of piperidine rings is 1. The number of hydrogen-bond donors (Lipinski definition) is 2. The average molecular weight is 384 g/mol. The number of amides is 2. The monoisotopic (exact) mass is 383 g/mol. The van der Waals surface area contributed by atoms with E-state index >= 15 is 0 Å². The number of hydrogen-bond acceptors (Lipinski definition) is 5. The number of nitrogens with two attached hydrogens (primary N) is 1. The SMILES string of the molecule is COc1ccc(NC(=O)C2(N)CCOCC2)cc1N1CCCCC1=O.Cl. The van der Waals surface area contributed by atoms with Crippen LogP contribution in [0.25, 0.3) is 0 Å². The summed E-state index contributed by atoms with van der Waals surface area (Å²) in [6, 6.07) is 5.31. The van der Waals surface area contributed by atoms with Gasteiger partial charge in [0.1, 0.15) is 11.3 Å². The highest BCUT2D eigenvalue weighted by Crippen LogP contribution is 2.34. The standard InChI is InChI=1S/C18H25N3O4.ClH/c1-24-15-6-5-13(12-14(15)21-9-3-2-4-16(21)22)20-17(23)18(19)7-10-25-11-8-18;/h5-6,12H,2-4,7-11,19H2,1H3,(H,20,23);1H. The maximum Gasteiger partial charge on any atom is 0.244 e. The molecule has 3 rings (SSSR count). The van der Waals surface area contributed by atoms with Crippen LogP contribution < -0.4 is 20.7 Å². The van der Waals surface area contributed by atoms with Gasteiger partial charge >= 0.3 is 0 Å². The largest absolute Gasteiger partial charge is 0.495 e. The van der Waals surface area contributed by atoms with Crippen LogP contribution in [0.3, 0.4) is 0 Å². The van der Waals surface area contributed by atoms with Crippen molar-refractivity contribution in [3.8, 4) is 5.75 Å². The lowest BCUT2D eigenvalue weighted by atomic mass is 9.90. The van der Waals surface area contributed by atoms with E-state index in [9.17, 15) is 9.59 Å². The Bertz CT molecular complexity index is 662. The second kappa shape index (κ2) is 8.70. The molecule has 2 fully saturated rings. The van der Waals surface area contributed by atoms with E-state index in [4.69, 9.17) is 15.2 Å². The first-order chi connectivity index (χ1) is 12.0. The van der Waals surface area contributed by atoms with Gasteiger partial charge in [-0.1, -0.05) is 0 Å². The number of nitrogens with one attached hydrogen (secondary N) is 1. The molecule has 2 heterocycles. The molecule has 0 spiro atoms. The van der Waals surface area contributed by atoms with E-state index in [1.807, 2.05) is 0 Å². The molecule has 3 N–H and O–H groups in total. The van der Waals surface area contributed by atoms with Crippen molar-refractivity contribution in [3.63, 3.8) is 0 Å². The molecule has 144 valence electrons. The molecule has 2 saturated heterocycles. The highest BCUT2D eigenvalue weighted by atomic mass is 35.5. The molecule has 7 nitrogen and oxygen atoms in total. The molecule has 0 unspecified atom stereocenters. The van der Waals surface area contributed by atoms with E-state index in [0.29, 0.717) is 56.1 Å². The minimum absolute atomic E-state index is 0. The van der Waals surface area contributed by atoms with Gasteiger partial charge in [-0.25, -0.2) is 0 Å². The Kier molecular flexibility index (Phi) is 6.86. The lowest BCUT2D eigenvalue weighted by Gasteiger charge is -2.32. The Hall–Kier alpha value is -1.83. The third kappa shape index (κ3) is 4.28. The van der Waals surface area contributed by atoms with Gasteiger partial charge in [0.15, 0.2) is 0 Å². The smallest absolute Gasteiger partial charge is 0.244 e. The van der Waals surface area contributed by atoms with Gasteiger partial charge in [-0.2, -0.15) is 0 Å². The van der Waals surface area contributed by atoms with Gasteiger partial charge in [-0.15, -0.1) is 12.4 Å². The predicted octanol–water partition coefficient (Wildman–Crippen LogP) is 2.08. The minimum atomic E-state index is -0.917. The topological polar surface area (TPSA) is 93.9 Å². The van der Waals surface area contributed by atoms with Gasteiger partial charge in [0.05, 0.1) is 12.8 Å². The molecule has 0 saturated carbocycles. The highest BCUT2D eigenvalue weighted by Gasteiger charge is 2.36. The van der Waals surface area contributed by atoms with Crippen molar-refractivity contribution < 1.29 is 19.1 Å². The van der Waals surface area contributed by atoms with Gasteiger partial charge in [-0.3, -0.25) is 9.59 Å². The van der Waals surface area contributed by atoms with Crippen molar-refractivity contribution in [3.05, 3.63) is 18.2 Å². The second-order valence-electron chi connectivity index (χ2n) is 6.61. The van der Waals surface area contributed by atoms with Gasteiger partial charge in [-0.05, 0) is 43.9 Å². The Morgan fingerprint density at radius 2 is 2.04 bits per heavy atom. The van der Waals surface area contributed by atoms with E-state index in [0.717, 1.165) is 12.8 Å². The summed E-state index contributed by atoms with van der Waals surface area (Å²) in [4.78, 5) is 26.6. The zero-order valence-electron chi connectivity index (χ0n) is 15.0. The summed E-state index contributed by atoms with van der Waals surface area (Å²) in [6.45, 7) is 1.63. The van der Waals surface area contributed by atoms with Crippen LogP contribution in [0.2, 0.25) is 0 Å². The van der Waals surface area contributed by atoms with Crippen molar-refractivity contribution >= 4 is 35.6 Å². The lowest BCUT2D eigenvalue weighted by molar-refractivity contribution is -0.124. The molecule has 0 aromatic heterocycles. The highest BCUT2D eigenvalue weighted by molar-refractivity contribution is 6.00. The summed E-state index contributed by atoms with van der Waals surface area (Å²) in [6.07, 6.45) is 3.38. The normalized spacial score (nSPS) is 19.5. The third-order valence-corrected chi connectivity index (χ3v) is 4.89. The van der Waals surface area contributed by atoms with Crippen molar-refractivity contribution in [1.29, 1.82) is 0 Å². The fourth-order valence-corrected chi connectivity index (χ4v) is 3.26. The molecule has 0 aliphatic carbocycles. The summed E-state index contributed by atoms with van der Waals surface area (Å²) >= 11 is 0. The van der Waals surface area contributed by atoms with Crippen LogP contribution in [-0.2, 0) is 14.3 Å². The number of methoxy groups -OCH3 is 1. The number of benzene rings is 1. The quantitative estimate of drug-likeness (QED) is 0.830. The summed E-state index contributed by atoms with van der Waals surface area (Å²) in [5.41, 5.74) is 6.60. The van der Waals surface area contributed by atoms with Gasteiger partial charge in [0.2, 0.25) is 11.8 Å². The molecule has 8 heteroatoms. The van der Waals surface area contributed by atoms with E-state index in [1.165, 1.54) is 0 Å². The fraction of sp³-hybridized carbons (Fsp3) is 0.556. The van der Waals surface area contributed by atoms with E-state index in [-0.39, 0.29) is 24.2 Å². The first-order valence-electron chi connectivity index (χ1n) is 8.70. The van der Waals surface area contributed by atoms with Gasteiger partial charge < -0.3 is 25.4 Å². The van der Waals surface area contributed by atoms with E-state index < -0.39 is 5.54 Å². The van der Waals surface area contributed by atoms with Crippen molar-refractivity contribution in [2.45, 2.75) is 37.6 Å². The van der Waals surface area contributed by atoms with E-state index in [2.05, 4.69) is 5.32 Å². The number of carbonyl (C=O) groups is 2. The van der Waals surface area contributed by atoms with Crippen LogP contribution in [0.5, 0.6) is 5.75 Å². The molecule has 0 bridgehead atoms. The molecule has 2 aliphatic heterocycles. The zero-order valence-corrected chi connectivity index (χ0v) is 15.8.